The van der Waals surface area contributed by atoms with Crippen LogP contribution in [0.2, 0.25) is 0 Å². The van der Waals surface area contributed by atoms with E-state index in [1.54, 1.807) is 24.3 Å². The molecule has 1 saturated heterocycles. The molecule has 1 amide bonds. The highest BCUT2D eigenvalue weighted by molar-refractivity contribution is 5.97. The number of β-amino-alcohol motifs (C(OH)–C–C–N with tert-alkyl or cyclic N) is 1. The SMILES string of the molecule is CC(=O)c1ccc(C(=O)NCC2CNCC2O)cc1.Cl. The van der Waals surface area contributed by atoms with E-state index >= 15 is 0 Å². The number of Topliss-reactive ketones (excluding diaryl/α,β-unsaturated/α-hetero) is 1. The maximum atomic E-state index is 11.9. The summed E-state index contributed by atoms with van der Waals surface area (Å²) < 4.78 is 0. The molecule has 3 N–H and O–H groups in total. The first-order valence-corrected chi connectivity index (χ1v) is 6.36. The number of amides is 1. The molecule has 0 bridgehead atoms. The molecule has 1 fully saturated rings. The van der Waals surface area contributed by atoms with Gasteiger partial charge in [0.1, 0.15) is 0 Å². The van der Waals surface area contributed by atoms with Gasteiger partial charge in [0.2, 0.25) is 0 Å². The number of nitrogens with one attached hydrogen (secondary N) is 2. The van der Waals surface area contributed by atoms with Crippen LogP contribution in [0.4, 0.5) is 0 Å². The molecule has 0 aliphatic carbocycles. The molecule has 2 rings (SSSR count). The van der Waals surface area contributed by atoms with Gasteiger partial charge in [-0.3, -0.25) is 9.59 Å². The predicted molar refractivity (Wildman–Crippen MR) is 78.4 cm³/mol. The van der Waals surface area contributed by atoms with Crippen LogP contribution in [-0.2, 0) is 0 Å². The molecule has 0 radical (unpaired) electrons. The Morgan fingerprint density at radius 3 is 2.35 bits per heavy atom. The monoisotopic (exact) mass is 298 g/mol. The summed E-state index contributed by atoms with van der Waals surface area (Å²) in [5.41, 5.74) is 1.11. The van der Waals surface area contributed by atoms with Crippen molar-refractivity contribution in [1.29, 1.82) is 0 Å². The molecule has 6 heteroatoms. The minimum atomic E-state index is -0.402. The zero-order valence-electron chi connectivity index (χ0n) is 11.3. The highest BCUT2D eigenvalue weighted by atomic mass is 35.5. The number of aliphatic hydroxyl groups excluding tert-OH is 1. The predicted octanol–water partition coefficient (Wildman–Crippen LogP) is 0.621. The van der Waals surface area contributed by atoms with Gasteiger partial charge in [0, 0.05) is 36.7 Å². The number of benzene rings is 1. The molecule has 2 unspecified atom stereocenters. The van der Waals surface area contributed by atoms with Crippen molar-refractivity contribution in [1.82, 2.24) is 10.6 Å². The molecule has 1 aliphatic rings. The Kier molecular flexibility index (Phi) is 6.13. The van der Waals surface area contributed by atoms with Crippen molar-refractivity contribution in [3.63, 3.8) is 0 Å². The lowest BCUT2D eigenvalue weighted by Gasteiger charge is -2.14. The van der Waals surface area contributed by atoms with E-state index in [-0.39, 0.29) is 30.0 Å². The average Bonchev–Trinajstić information content (AvgIpc) is 2.81. The Morgan fingerprint density at radius 1 is 1.25 bits per heavy atom. The molecule has 1 aromatic carbocycles. The van der Waals surface area contributed by atoms with Gasteiger partial charge in [-0.25, -0.2) is 0 Å². The normalized spacial score (nSPS) is 21.1. The summed E-state index contributed by atoms with van der Waals surface area (Å²) in [6.45, 7) is 3.23. The molecule has 2 atom stereocenters. The molecular formula is C14H19ClN2O3. The van der Waals surface area contributed by atoms with Crippen molar-refractivity contribution in [2.75, 3.05) is 19.6 Å². The highest BCUT2D eigenvalue weighted by Gasteiger charge is 2.25. The topological polar surface area (TPSA) is 78.4 Å². The van der Waals surface area contributed by atoms with Gasteiger partial charge < -0.3 is 15.7 Å². The Labute approximate surface area is 124 Å². The first kappa shape index (κ1) is 16.6. The van der Waals surface area contributed by atoms with Crippen LogP contribution in [0.5, 0.6) is 0 Å². The van der Waals surface area contributed by atoms with E-state index in [2.05, 4.69) is 10.6 Å². The van der Waals surface area contributed by atoms with Crippen molar-refractivity contribution < 1.29 is 14.7 Å². The number of hydrogen-bond acceptors (Lipinski definition) is 4. The minimum absolute atomic E-state index is 0. The van der Waals surface area contributed by atoms with E-state index in [4.69, 9.17) is 0 Å². The fourth-order valence-electron chi connectivity index (χ4n) is 2.11. The van der Waals surface area contributed by atoms with Crippen LogP contribution in [0, 0.1) is 5.92 Å². The van der Waals surface area contributed by atoms with Crippen molar-refractivity contribution >= 4 is 24.1 Å². The highest BCUT2D eigenvalue weighted by Crippen LogP contribution is 2.08. The smallest absolute Gasteiger partial charge is 0.251 e. The number of carbonyl (C=O) groups excluding carboxylic acids is 2. The van der Waals surface area contributed by atoms with Gasteiger partial charge in [-0.2, -0.15) is 0 Å². The zero-order chi connectivity index (χ0) is 13.8. The van der Waals surface area contributed by atoms with Crippen LogP contribution >= 0.6 is 12.4 Å². The second kappa shape index (κ2) is 7.38. The van der Waals surface area contributed by atoms with Gasteiger partial charge >= 0.3 is 0 Å². The standard InChI is InChI=1S/C14H18N2O3.ClH/c1-9(17)10-2-4-11(5-3-10)14(19)16-7-12-6-15-8-13(12)18;/h2-5,12-13,15,18H,6-8H2,1H3,(H,16,19);1H. The zero-order valence-corrected chi connectivity index (χ0v) is 12.1. The number of hydrogen-bond donors (Lipinski definition) is 3. The van der Waals surface area contributed by atoms with Gasteiger partial charge in [0.15, 0.2) is 5.78 Å². The summed E-state index contributed by atoms with van der Waals surface area (Å²) in [5, 5.41) is 15.5. The number of carbonyl (C=O) groups is 2. The Bertz CT molecular complexity index is 476. The maximum absolute atomic E-state index is 11.9. The summed E-state index contributed by atoms with van der Waals surface area (Å²) >= 11 is 0. The molecule has 0 spiro atoms. The fourth-order valence-corrected chi connectivity index (χ4v) is 2.11. The number of halogens is 1. The Hall–Kier alpha value is -1.43. The lowest BCUT2D eigenvalue weighted by atomic mass is 10.1. The van der Waals surface area contributed by atoms with Gasteiger partial charge in [-0.15, -0.1) is 12.4 Å². The summed E-state index contributed by atoms with van der Waals surface area (Å²) in [7, 11) is 0. The Morgan fingerprint density at radius 2 is 1.85 bits per heavy atom. The second-order valence-corrected chi connectivity index (χ2v) is 4.83. The van der Waals surface area contributed by atoms with Crippen molar-refractivity contribution in [2.24, 2.45) is 5.92 Å². The molecule has 20 heavy (non-hydrogen) atoms. The second-order valence-electron chi connectivity index (χ2n) is 4.83. The minimum Gasteiger partial charge on any atom is -0.391 e. The first-order valence-electron chi connectivity index (χ1n) is 6.36. The van der Waals surface area contributed by atoms with Gasteiger partial charge in [0.05, 0.1) is 6.10 Å². The molecule has 1 aromatic rings. The lowest BCUT2D eigenvalue weighted by Crippen LogP contribution is -2.34. The number of aliphatic hydroxyl groups is 1. The Balaban J connectivity index is 0.00000200. The first-order chi connectivity index (χ1) is 9.08. The third-order valence-corrected chi connectivity index (χ3v) is 3.38. The summed E-state index contributed by atoms with van der Waals surface area (Å²) in [5.74, 6) is -0.151. The van der Waals surface area contributed by atoms with E-state index in [0.717, 1.165) is 0 Å². The van der Waals surface area contributed by atoms with E-state index in [1.165, 1.54) is 6.92 Å². The quantitative estimate of drug-likeness (QED) is 0.712. The van der Waals surface area contributed by atoms with E-state index < -0.39 is 6.10 Å². The molecule has 1 aliphatic heterocycles. The van der Waals surface area contributed by atoms with Gasteiger partial charge in [-0.1, -0.05) is 12.1 Å². The van der Waals surface area contributed by atoms with Crippen LogP contribution in [0.15, 0.2) is 24.3 Å². The molecule has 110 valence electrons. The third-order valence-electron chi connectivity index (χ3n) is 3.38. The van der Waals surface area contributed by atoms with Crippen LogP contribution in [-0.4, -0.2) is 42.5 Å². The van der Waals surface area contributed by atoms with Gasteiger partial charge in [-0.05, 0) is 19.1 Å². The maximum Gasteiger partial charge on any atom is 0.251 e. The summed E-state index contributed by atoms with van der Waals surface area (Å²) in [6.07, 6.45) is -0.402. The van der Waals surface area contributed by atoms with Crippen molar-refractivity contribution in [3.05, 3.63) is 35.4 Å². The van der Waals surface area contributed by atoms with Crippen molar-refractivity contribution in [2.45, 2.75) is 13.0 Å². The summed E-state index contributed by atoms with van der Waals surface area (Å²) in [4.78, 5) is 23.0. The van der Waals surface area contributed by atoms with E-state index in [9.17, 15) is 14.7 Å². The van der Waals surface area contributed by atoms with Crippen LogP contribution in [0.3, 0.4) is 0 Å². The van der Waals surface area contributed by atoms with E-state index in [0.29, 0.717) is 30.8 Å². The fraction of sp³-hybridized carbons (Fsp3) is 0.429. The number of rotatable bonds is 4. The molecule has 5 nitrogen and oxygen atoms in total. The van der Waals surface area contributed by atoms with Gasteiger partial charge in [0.25, 0.3) is 5.91 Å². The molecule has 0 aromatic heterocycles. The van der Waals surface area contributed by atoms with Crippen molar-refractivity contribution in [3.8, 4) is 0 Å². The molecular weight excluding hydrogens is 280 g/mol. The lowest BCUT2D eigenvalue weighted by molar-refractivity contribution is 0.0925. The molecule has 0 saturated carbocycles. The van der Waals surface area contributed by atoms with Crippen LogP contribution < -0.4 is 10.6 Å². The van der Waals surface area contributed by atoms with Crippen LogP contribution in [0.25, 0.3) is 0 Å². The largest absolute Gasteiger partial charge is 0.391 e. The van der Waals surface area contributed by atoms with Crippen LogP contribution in [0.1, 0.15) is 27.6 Å². The summed E-state index contributed by atoms with van der Waals surface area (Å²) in [6, 6.07) is 6.55. The number of ketones is 1. The molecule has 1 heterocycles. The average molecular weight is 299 g/mol. The van der Waals surface area contributed by atoms with E-state index in [1.807, 2.05) is 0 Å². The third kappa shape index (κ3) is 4.03.